The fourth-order valence-corrected chi connectivity index (χ4v) is 1.90. The molecule has 0 saturated heterocycles. The number of nitrogens with zero attached hydrogens (tertiary/aromatic N) is 2. The van der Waals surface area contributed by atoms with Crippen molar-refractivity contribution in [3.8, 4) is 0 Å². The first-order valence-electron chi connectivity index (χ1n) is 6.09. The van der Waals surface area contributed by atoms with Gasteiger partial charge in [0, 0.05) is 31.8 Å². The minimum atomic E-state index is -0.460. The second-order valence-corrected chi connectivity index (χ2v) is 4.62. The first kappa shape index (κ1) is 15.8. The topological polar surface area (TPSA) is 77.3 Å². The van der Waals surface area contributed by atoms with Crippen LogP contribution in [0.1, 0.15) is 19.0 Å². The van der Waals surface area contributed by atoms with Crippen molar-refractivity contribution in [2.45, 2.75) is 25.8 Å². The molecule has 0 radical (unpaired) electrons. The number of ether oxygens (including phenoxy) is 1. The SMILES string of the molecule is CCCNC(COC)Cc1ncc(Cl)cc1[N+](=O)[O-]. The van der Waals surface area contributed by atoms with Crippen molar-refractivity contribution >= 4 is 17.3 Å². The van der Waals surface area contributed by atoms with Gasteiger partial charge in [0.05, 0.1) is 16.6 Å². The molecule has 1 rings (SSSR count). The number of hydrogen-bond acceptors (Lipinski definition) is 5. The van der Waals surface area contributed by atoms with Crippen LogP contribution in [-0.2, 0) is 11.2 Å². The molecule has 6 nitrogen and oxygen atoms in total. The lowest BCUT2D eigenvalue weighted by Gasteiger charge is -2.17. The van der Waals surface area contributed by atoms with Crippen LogP contribution >= 0.6 is 11.6 Å². The fourth-order valence-electron chi connectivity index (χ4n) is 1.75. The van der Waals surface area contributed by atoms with E-state index >= 15 is 0 Å². The van der Waals surface area contributed by atoms with E-state index < -0.39 is 4.92 Å². The van der Waals surface area contributed by atoms with Gasteiger partial charge in [-0.3, -0.25) is 15.1 Å². The summed E-state index contributed by atoms with van der Waals surface area (Å²) in [6.07, 6.45) is 2.84. The van der Waals surface area contributed by atoms with E-state index in [1.165, 1.54) is 12.3 Å². The molecule has 0 aromatic carbocycles. The van der Waals surface area contributed by atoms with Crippen LogP contribution in [0.2, 0.25) is 5.02 Å². The molecule has 1 atom stereocenters. The van der Waals surface area contributed by atoms with Gasteiger partial charge in [-0.05, 0) is 13.0 Å². The van der Waals surface area contributed by atoms with Gasteiger partial charge in [-0.2, -0.15) is 0 Å². The molecule has 0 aliphatic heterocycles. The van der Waals surface area contributed by atoms with E-state index in [0.717, 1.165) is 13.0 Å². The quantitative estimate of drug-likeness (QED) is 0.586. The Morgan fingerprint density at radius 2 is 2.37 bits per heavy atom. The van der Waals surface area contributed by atoms with Gasteiger partial charge in [0.25, 0.3) is 5.69 Å². The highest BCUT2D eigenvalue weighted by Gasteiger charge is 2.19. The molecule has 0 aliphatic rings. The zero-order valence-electron chi connectivity index (χ0n) is 11.1. The zero-order chi connectivity index (χ0) is 14.3. The Morgan fingerprint density at radius 1 is 1.63 bits per heavy atom. The molecule has 7 heteroatoms. The van der Waals surface area contributed by atoms with E-state index in [1.54, 1.807) is 7.11 Å². The van der Waals surface area contributed by atoms with Crippen LogP contribution in [0.15, 0.2) is 12.3 Å². The van der Waals surface area contributed by atoms with Crippen LogP contribution in [0.4, 0.5) is 5.69 Å². The number of rotatable bonds is 8. The summed E-state index contributed by atoms with van der Waals surface area (Å²) in [5.41, 5.74) is 0.368. The molecule has 0 amide bonds. The summed E-state index contributed by atoms with van der Waals surface area (Å²) < 4.78 is 5.11. The van der Waals surface area contributed by atoms with Crippen LogP contribution in [0, 0.1) is 10.1 Å². The third-order valence-electron chi connectivity index (χ3n) is 2.60. The summed E-state index contributed by atoms with van der Waals surface area (Å²) >= 11 is 5.73. The van der Waals surface area contributed by atoms with Crippen molar-refractivity contribution in [3.05, 3.63) is 33.1 Å². The molecule has 1 N–H and O–H groups in total. The summed E-state index contributed by atoms with van der Waals surface area (Å²) in [6, 6.07) is 1.32. The fraction of sp³-hybridized carbons (Fsp3) is 0.583. The standard InChI is InChI=1S/C12H18ClN3O3/c1-3-4-14-10(8-19-2)6-11-12(16(17)18)5-9(13)7-15-11/h5,7,10,14H,3-4,6,8H2,1-2H3. The van der Waals surface area contributed by atoms with Gasteiger partial charge >= 0.3 is 0 Å². The van der Waals surface area contributed by atoms with Gasteiger partial charge in [-0.25, -0.2) is 0 Å². The highest BCUT2D eigenvalue weighted by Crippen LogP contribution is 2.21. The summed E-state index contributed by atoms with van der Waals surface area (Å²) in [6.45, 7) is 3.36. The van der Waals surface area contributed by atoms with Crippen molar-refractivity contribution in [1.29, 1.82) is 0 Å². The maximum Gasteiger partial charge on any atom is 0.292 e. The number of nitrogens with one attached hydrogen (secondary N) is 1. The molecule has 1 unspecified atom stereocenters. The molecular weight excluding hydrogens is 270 g/mol. The average molecular weight is 288 g/mol. The van der Waals surface area contributed by atoms with Crippen LogP contribution in [0.5, 0.6) is 0 Å². The van der Waals surface area contributed by atoms with Crippen molar-refractivity contribution in [2.24, 2.45) is 0 Å². The predicted molar refractivity (Wildman–Crippen MR) is 73.6 cm³/mol. The molecule has 106 valence electrons. The van der Waals surface area contributed by atoms with Crippen LogP contribution in [0.3, 0.4) is 0 Å². The first-order valence-corrected chi connectivity index (χ1v) is 6.47. The smallest absolute Gasteiger partial charge is 0.292 e. The van der Waals surface area contributed by atoms with Gasteiger partial charge in [-0.1, -0.05) is 18.5 Å². The predicted octanol–water partition coefficient (Wildman–Crippen LogP) is 2.20. The molecule has 1 heterocycles. The molecule has 1 aromatic rings. The van der Waals surface area contributed by atoms with E-state index in [9.17, 15) is 10.1 Å². The van der Waals surface area contributed by atoms with E-state index in [2.05, 4.69) is 17.2 Å². The Hall–Kier alpha value is -1.24. The number of pyridine rings is 1. The number of halogens is 1. The maximum absolute atomic E-state index is 11.0. The summed E-state index contributed by atoms with van der Waals surface area (Å²) in [7, 11) is 1.60. The van der Waals surface area contributed by atoms with Crippen molar-refractivity contribution in [1.82, 2.24) is 10.3 Å². The Kier molecular flexibility index (Phi) is 6.69. The normalized spacial score (nSPS) is 12.4. The number of aromatic nitrogens is 1. The lowest BCUT2D eigenvalue weighted by molar-refractivity contribution is -0.386. The lowest BCUT2D eigenvalue weighted by Crippen LogP contribution is -2.36. The zero-order valence-corrected chi connectivity index (χ0v) is 11.8. The van der Waals surface area contributed by atoms with Gasteiger partial charge in [-0.15, -0.1) is 0 Å². The second kappa shape index (κ2) is 8.04. The minimum absolute atomic E-state index is 0.00248. The number of hydrogen-bond donors (Lipinski definition) is 1. The molecule has 19 heavy (non-hydrogen) atoms. The molecule has 0 spiro atoms. The second-order valence-electron chi connectivity index (χ2n) is 4.19. The van der Waals surface area contributed by atoms with Crippen molar-refractivity contribution < 1.29 is 9.66 Å². The van der Waals surface area contributed by atoms with Crippen molar-refractivity contribution in [2.75, 3.05) is 20.3 Å². The number of nitro groups is 1. The third-order valence-corrected chi connectivity index (χ3v) is 2.81. The van der Waals surface area contributed by atoms with Crippen LogP contribution < -0.4 is 5.32 Å². The Labute approximate surface area is 117 Å². The Morgan fingerprint density at radius 3 is 2.95 bits per heavy atom. The molecule has 0 fully saturated rings. The van der Waals surface area contributed by atoms with Gasteiger partial charge < -0.3 is 10.1 Å². The van der Waals surface area contributed by atoms with E-state index in [1.807, 2.05) is 0 Å². The van der Waals surface area contributed by atoms with E-state index in [0.29, 0.717) is 18.7 Å². The largest absolute Gasteiger partial charge is 0.383 e. The molecule has 1 aromatic heterocycles. The Bertz CT molecular complexity index is 429. The highest BCUT2D eigenvalue weighted by atomic mass is 35.5. The van der Waals surface area contributed by atoms with Gasteiger partial charge in [0.1, 0.15) is 5.69 Å². The molecule has 0 aliphatic carbocycles. The van der Waals surface area contributed by atoms with Crippen molar-refractivity contribution in [3.63, 3.8) is 0 Å². The monoisotopic (exact) mass is 287 g/mol. The first-order chi connectivity index (χ1) is 9.08. The number of methoxy groups -OCH3 is 1. The average Bonchev–Trinajstić information content (AvgIpc) is 2.38. The third kappa shape index (κ3) is 5.10. The van der Waals surface area contributed by atoms with E-state index in [-0.39, 0.29) is 16.8 Å². The Balaban J connectivity index is 2.85. The molecule has 0 saturated carbocycles. The molecule has 0 bridgehead atoms. The van der Waals surface area contributed by atoms with Crippen LogP contribution in [-0.4, -0.2) is 36.2 Å². The summed E-state index contributed by atoms with van der Waals surface area (Å²) in [5, 5.41) is 14.5. The lowest BCUT2D eigenvalue weighted by atomic mass is 10.1. The van der Waals surface area contributed by atoms with E-state index in [4.69, 9.17) is 16.3 Å². The molecular formula is C12H18ClN3O3. The minimum Gasteiger partial charge on any atom is -0.383 e. The maximum atomic E-state index is 11.0. The van der Waals surface area contributed by atoms with Crippen LogP contribution in [0.25, 0.3) is 0 Å². The van der Waals surface area contributed by atoms with Gasteiger partial charge in [0.2, 0.25) is 0 Å². The van der Waals surface area contributed by atoms with Gasteiger partial charge in [0.15, 0.2) is 0 Å². The highest BCUT2D eigenvalue weighted by molar-refractivity contribution is 6.30. The summed E-state index contributed by atoms with van der Waals surface area (Å²) in [5.74, 6) is 0. The summed E-state index contributed by atoms with van der Waals surface area (Å²) in [4.78, 5) is 14.6.